The van der Waals surface area contributed by atoms with E-state index in [0.29, 0.717) is 12.8 Å². The van der Waals surface area contributed by atoms with E-state index >= 15 is 0 Å². The van der Waals surface area contributed by atoms with Crippen LogP contribution in [0.4, 0.5) is 4.79 Å². The van der Waals surface area contributed by atoms with Crippen molar-refractivity contribution >= 4 is 11.9 Å². The number of carbonyl (C=O) groups is 2. The Balaban J connectivity index is 2.73. The highest BCUT2D eigenvalue weighted by Gasteiger charge is 2.39. The summed E-state index contributed by atoms with van der Waals surface area (Å²) in [7, 11) is 0. The highest BCUT2D eigenvalue weighted by atomic mass is 16.6. The van der Waals surface area contributed by atoms with Crippen molar-refractivity contribution in [2.45, 2.75) is 58.3 Å². The number of hydrogen-bond acceptors (Lipinski definition) is 4. The van der Waals surface area contributed by atoms with Crippen LogP contribution in [0.3, 0.4) is 0 Å². The van der Waals surface area contributed by atoms with E-state index < -0.39 is 23.8 Å². The summed E-state index contributed by atoms with van der Waals surface area (Å²) in [6.45, 7) is 7.24. The van der Waals surface area contributed by atoms with Gasteiger partial charge in [-0.25, -0.2) is 4.79 Å². The van der Waals surface area contributed by atoms with Crippen molar-refractivity contribution in [3.05, 3.63) is 0 Å². The number of nitrogens with zero attached hydrogens (tertiary/aromatic N) is 1. The third-order valence-electron chi connectivity index (χ3n) is 2.63. The molecule has 0 bridgehead atoms. The summed E-state index contributed by atoms with van der Waals surface area (Å²) in [6, 6.07) is -0.537. The number of rotatable bonds is 2. The molecule has 17 heavy (non-hydrogen) atoms. The molecule has 1 amide bonds. The van der Waals surface area contributed by atoms with E-state index in [-0.39, 0.29) is 12.3 Å². The van der Waals surface area contributed by atoms with Gasteiger partial charge in [0.15, 0.2) is 5.78 Å². The Kier molecular flexibility index (Phi) is 4.14. The first kappa shape index (κ1) is 14.0. The molecule has 1 aliphatic rings. The highest BCUT2D eigenvalue weighted by Crippen LogP contribution is 2.22. The number of β-amino-alcohol motifs (C(OH)–C–C–N with tert-alkyl or cyclic N) is 1. The molecular weight excluding hydrogens is 222 g/mol. The van der Waals surface area contributed by atoms with E-state index in [0.717, 1.165) is 0 Å². The second-order valence-electron chi connectivity index (χ2n) is 5.36. The zero-order valence-corrected chi connectivity index (χ0v) is 10.9. The second kappa shape index (κ2) is 5.04. The maximum absolute atomic E-state index is 11.9. The van der Waals surface area contributed by atoms with Gasteiger partial charge in [-0.05, 0) is 20.8 Å². The largest absolute Gasteiger partial charge is 0.444 e. The van der Waals surface area contributed by atoms with Crippen molar-refractivity contribution in [1.29, 1.82) is 0 Å². The molecule has 1 aliphatic heterocycles. The van der Waals surface area contributed by atoms with Gasteiger partial charge in [0, 0.05) is 12.8 Å². The first-order valence-electron chi connectivity index (χ1n) is 5.95. The van der Waals surface area contributed by atoms with Gasteiger partial charge < -0.3 is 9.84 Å². The molecule has 0 aromatic heterocycles. The van der Waals surface area contributed by atoms with Crippen LogP contribution in [0.2, 0.25) is 0 Å². The third-order valence-corrected chi connectivity index (χ3v) is 2.63. The van der Waals surface area contributed by atoms with E-state index in [1.165, 1.54) is 4.90 Å². The lowest BCUT2D eigenvalue weighted by molar-refractivity contribution is -0.123. The van der Waals surface area contributed by atoms with Gasteiger partial charge >= 0.3 is 6.09 Å². The second-order valence-corrected chi connectivity index (χ2v) is 5.36. The molecule has 0 unspecified atom stereocenters. The van der Waals surface area contributed by atoms with Crippen LogP contribution in [0.1, 0.15) is 40.5 Å². The quantitative estimate of drug-likeness (QED) is 0.794. The minimum absolute atomic E-state index is 0.0348. The van der Waals surface area contributed by atoms with Crippen LogP contribution in [-0.4, -0.2) is 46.2 Å². The molecule has 1 N–H and O–H groups in total. The Labute approximate surface area is 102 Å². The van der Waals surface area contributed by atoms with Crippen molar-refractivity contribution < 1.29 is 19.4 Å². The fraction of sp³-hybridized carbons (Fsp3) is 0.833. The zero-order valence-electron chi connectivity index (χ0n) is 10.9. The van der Waals surface area contributed by atoms with E-state index in [9.17, 15) is 14.7 Å². The summed E-state index contributed by atoms with van der Waals surface area (Å²) in [5.41, 5.74) is -0.593. The standard InChI is InChI=1S/C12H21NO4/c1-5-10(15)9-6-8(14)7-13(9)11(16)17-12(2,3)4/h8-9,14H,5-7H2,1-4H3/t8-,9-/m1/s1. The summed E-state index contributed by atoms with van der Waals surface area (Å²) >= 11 is 0. The van der Waals surface area contributed by atoms with Crippen LogP contribution < -0.4 is 0 Å². The van der Waals surface area contributed by atoms with E-state index in [1.807, 2.05) is 0 Å². The Hall–Kier alpha value is -1.10. The van der Waals surface area contributed by atoms with E-state index in [4.69, 9.17) is 4.74 Å². The lowest BCUT2D eigenvalue weighted by atomic mass is 10.1. The minimum atomic E-state index is -0.636. The van der Waals surface area contributed by atoms with Crippen LogP contribution in [0.5, 0.6) is 0 Å². The third kappa shape index (κ3) is 3.70. The molecule has 0 aliphatic carbocycles. The average molecular weight is 243 g/mol. The highest BCUT2D eigenvalue weighted by molar-refractivity contribution is 5.87. The fourth-order valence-electron chi connectivity index (χ4n) is 1.88. The van der Waals surface area contributed by atoms with Crippen LogP contribution >= 0.6 is 0 Å². The molecule has 1 fully saturated rings. The number of ether oxygens (including phenoxy) is 1. The van der Waals surface area contributed by atoms with E-state index in [2.05, 4.69) is 0 Å². The van der Waals surface area contributed by atoms with Crippen molar-refractivity contribution in [2.75, 3.05) is 6.54 Å². The lowest BCUT2D eigenvalue weighted by Crippen LogP contribution is -2.43. The maximum Gasteiger partial charge on any atom is 0.410 e. The fourth-order valence-corrected chi connectivity index (χ4v) is 1.88. The summed E-state index contributed by atoms with van der Waals surface area (Å²) in [4.78, 5) is 24.9. The summed E-state index contributed by atoms with van der Waals surface area (Å²) in [6.07, 6.45) is -0.494. The number of hydrogen-bond donors (Lipinski definition) is 1. The van der Waals surface area contributed by atoms with Gasteiger partial charge in [-0.15, -0.1) is 0 Å². The number of Topliss-reactive ketones (excluding diaryl/α,β-unsaturated/α-hetero) is 1. The normalized spacial score (nSPS) is 24.9. The SMILES string of the molecule is CCC(=O)[C@H]1C[C@@H](O)CN1C(=O)OC(C)(C)C. The predicted molar refractivity (Wildman–Crippen MR) is 62.6 cm³/mol. The van der Waals surface area contributed by atoms with Crippen LogP contribution in [0.25, 0.3) is 0 Å². The van der Waals surface area contributed by atoms with Crippen molar-refractivity contribution in [3.8, 4) is 0 Å². The van der Waals surface area contributed by atoms with Gasteiger partial charge in [-0.2, -0.15) is 0 Å². The summed E-state index contributed by atoms with van der Waals surface area (Å²) in [5, 5.41) is 9.56. The Morgan fingerprint density at radius 2 is 2.00 bits per heavy atom. The number of carbonyl (C=O) groups excluding carboxylic acids is 2. The Morgan fingerprint density at radius 3 is 2.47 bits per heavy atom. The van der Waals surface area contributed by atoms with Gasteiger partial charge in [0.05, 0.1) is 18.7 Å². The number of ketones is 1. The molecule has 98 valence electrons. The van der Waals surface area contributed by atoms with Gasteiger partial charge in [-0.3, -0.25) is 9.69 Å². The van der Waals surface area contributed by atoms with Crippen LogP contribution in [0.15, 0.2) is 0 Å². The number of aliphatic hydroxyl groups is 1. The number of amides is 1. The molecule has 0 radical (unpaired) electrons. The number of likely N-dealkylation sites (tertiary alicyclic amines) is 1. The molecule has 5 nitrogen and oxygen atoms in total. The average Bonchev–Trinajstić information content (AvgIpc) is 2.56. The predicted octanol–water partition coefficient (Wildman–Crippen LogP) is 1.34. The first-order chi connectivity index (χ1) is 7.74. The zero-order chi connectivity index (χ0) is 13.2. The molecule has 0 aromatic rings. The van der Waals surface area contributed by atoms with E-state index in [1.54, 1.807) is 27.7 Å². The number of aliphatic hydroxyl groups excluding tert-OH is 1. The van der Waals surface area contributed by atoms with Gasteiger partial charge in [0.25, 0.3) is 0 Å². The van der Waals surface area contributed by atoms with Crippen molar-refractivity contribution in [3.63, 3.8) is 0 Å². The van der Waals surface area contributed by atoms with Crippen molar-refractivity contribution in [1.82, 2.24) is 4.90 Å². The summed E-state index contributed by atoms with van der Waals surface area (Å²) in [5.74, 6) is -0.0348. The minimum Gasteiger partial charge on any atom is -0.444 e. The smallest absolute Gasteiger partial charge is 0.410 e. The molecule has 1 heterocycles. The molecule has 2 atom stereocenters. The lowest BCUT2D eigenvalue weighted by Gasteiger charge is -2.27. The molecule has 1 rings (SSSR count). The molecular formula is C12H21NO4. The van der Waals surface area contributed by atoms with Gasteiger partial charge in [0.1, 0.15) is 5.60 Å². The summed E-state index contributed by atoms with van der Waals surface area (Å²) < 4.78 is 5.22. The Bertz CT molecular complexity index is 308. The molecule has 0 saturated carbocycles. The maximum atomic E-state index is 11.9. The molecule has 0 spiro atoms. The van der Waals surface area contributed by atoms with Crippen LogP contribution in [0, 0.1) is 0 Å². The molecule has 0 aromatic carbocycles. The topological polar surface area (TPSA) is 66.8 Å². The molecule has 5 heteroatoms. The molecule has 1 saturated heterocycles. The van der Waals surface area contributed by atoms with Gasteiger partial charge in [0.2, 0.25) is 0 Å². The van der Waals surface area contributed by atoms with Crippen LogP contribution in [-0.2, 0) is 9.53 Å². The first-order valence-corrected chi connectivity index (χ1v) is 5.95. The van der Waals surface area contributed by atoms with Gasteiger partial charge in [-0.1, -0.05) is 6.92 Å². The van der Waals surface area contributed by atoms with Crippen molar-refractivity contribution in [2.24, 2.45) is 0 Å². The monoisotopic (exact) mass is 243 g/mol. The Morgan fingerprint density at radius 1 is 1.41 bits per heavy atom.